The van der Waals surface area contributed by atoms with Crippen molar-refractivity contribution in [1.29, 1.82) is 0 Å². The smallest absolute Gasteiger partial charge is 0.251 e. The lowest BCUT2D eigenvalue weighted by Gasteiger charge is -2.33. The third-order valence-corrected chi connectivity index (χ3v) is 5.06. The van der Waals surface area contributed by atoms with Crippen molar-refractivity contribution in [1.82, 2.24) is 15.2 Å². The molecule has 0 radical (unpaired) electrons. The van der Waals surface area contributed by atoms with Gasteiger partial charge in [0.1, 0.15) is 5.82 Å². The Morgan fingerprint density at radius 2 is 2.04 bits per heavy atom. The minimum Gasteiger partial charge on any atom is -0.454 e. The highest BCUT2D eigenvalue weighted by Crippen LogP contribution is 2.39. The Bertz CT molecular complexity index is 836. The van der Waals surface area contributed by atoms with Gasteiger partial charge in [0.05, 0.1) is 5.02 Å². The number of nitrogens with one attached hydrogen (secondary N) is 1. The normalized spacial score (nSPS) is 16.4. The number of benzene rings is 1. The van der Waals surface area contributed by atoms with E-state index in [9.17, 15) is 4.79 Å². The predicted molar refractivity (Wildman–Crippen MR) is 103 cm³/mol. The van der Waals surface area contributed by atoms with E-state index in [1.165, 1.54) is 0 Å². The molecule has 2 aliphatic rings. The number of anilines is 1. The van der Waals surface area contributed by atoms with Gasteiger partial charge in [0.15, 0.2) is 11.5 Å². The summed E-state index contributed by atoms with van der Waals surface area (Å²) < 4.78 is 10.6. The maximum absolute atomic E-state index is 12.4. The van der Waals surface area contributed by atoms with E-state index in [4.69, 9.17) is 21.1 Å². The summed E-state index contributed by atoms with van der Waals surface area (Å²) in [6.45, 7) is 4.54. The Labute approximate surface area is 162 Å². The maximum Gasteiger partial charge on any atom is 0.251 e. The van der Waals surface area contributed by atoms with Crippen LogP contribution in [0.3, 0.4) is 0 Å². The van der Waals surface area contributed by atoms with Gasteiger partial charge in [-0.25, -0.2) is 4.98 Å². The molecule has 0 saturated carbocycles. The van der Waals surface area contributed by atoms with Crippen LogP contribution >= 0.6 is 11.6 Å². The van der Waals surface area contributed by atoms with E-state index in [-0.39, 0.29) is 12.7 Å². The van der Waals surface area contributed by atoms with E-state index < -0.39 is 0 Å². The lowest BCUT2D eigenvalue weighted by atomic mass is 10.2. The number of aromatic nitrogens is 1. The van der Waals surface area contributed by atoms with Gasteiger partial charge in [0, 0.05) is 44.5 Å². The molecule has 8 heteroatoms. The molecule has 4 rings (SSSR count). The largest absolute Gasteiger partial charge is 0.454 e. The molecule has 142 valence electrons. The summed E-state index contributed by atoms with van der Waals surface area (Å²) in [6.07, 6.45) is 1.81. The fourth-order valence-electron chi connectivity index (χ4n) is 3.13. The molecular weight excluding hydrogens is 368 g/mol. The van der Waals surface area contributed by atoms with Crippen molar-refractivity contribution < 1.29 is 14.3 Å². The number of likely N-dealkylation sites (N-methyl/N-ethyl adjacent to an activating group) is 1. The minimum absolute atomic E-state index is 0.117. The zero-order valence-electron chi connectivity index (χ0n) is 15.1. The van der Waals surface area contributed by atoms with Crippen LogP contribution in [-0.2, 0) is 6.54 Å². The van der Waals surface area contributed by atoms with Crippen molar-refractivity contribution in [2.75, 3.05) is 44.9 Å². The number of pyridine rings is 1. The Balaban J connectivity index is 1.36. The molecule has 0 aliphatic carbocycles. The number of hydrogen-bond acceptors (Lipinski definition) is 6. The van der Waals surface area contributed by atoms with Gasteiger partial charge in [-0.1, -0.05) is 17.7 Å². The van der Waals surface area contributed by atoms with Crippen molar-refractivity contribution in [3.63, 3.8) is 0 Å². The van der Waals surface area contributed by atoms with Crippen LogP contribution in [0.2, 0.25) is 5.02 Å². The first-order valence-corrected chi connectivity index (χ1v) is 9.24. The quantitative estimate of drug-likeness (QED) is 0.865. The highest BCUT2D eigenvalue weighted by molar-refractivity contribution is 6.32. The molecule has 1 amide bonds. The summed E-state index contributed by atoms with van der Waals surface area (Å²) in [5.74, 6) is 1.72. The topological polar surface area (TPSA) is 66.9 Å². The molecule has 2 aromatic rings. The highest BCUT2D eigenvalue weighted by Gasteiger charge is 2.20. The van der Waals surface area contributed by atoms with Crippen LogP contribution in [0.15, 0.2) is 30.5 Å². The molecule has 0 bridgehead atoms. The average molecular weight is 389 g/mol. The van der Waals surface area contributed by atoms with E-state index in [1.54, 1.807) is 18.3 Å². The number of halogens is 1. The first kappa shape index (κ1) is 17.9. The fraction of sp³-hybridized carbons (Fsp3) is 0.368. The summed E-state index contributed by atoms with van der Waals surface area (Å²) in [5.41, 5.74) is 1.37. The molecule has 27 heavy (non-hydrogen) atoms. The zero-order valence-corrected chi connectivity index (χ0v) is 15.8. The SMILES string of the molecule is CN1CCN(c2ccc(CNC(=O)c3cc(Cl)c4c(c3)OCO4)cn2)CC1. The lowest BCUT2D eigenvalue weighted by Crippen LogP contribution is -2.44. The number of ether oxygens (including phenoxy) is 2. The van der Waals surface area contributed by atoms with E-state index in [0.29, 0.717) is 28.6 Å². The number of nitrogens with zero attached hydrogens (tertiary/aromatic N) is 3. The molecule has 1 fully saturated rings. The standard InChI is InChI=1S/C19H21ClN4O3/c1-23-4-6-24(7-5-23)17-3-2-13(10-21-17)11-22-19(25)14-8-15(20)18-16(9-14)26-12-27-18/h2-3,8-10H,4-7,11-12H2,1H3,(H,22,25). The molecule has 3 heterocycles. The summed E-state index contributed by atoms with van der Waals surface area (Å²) in [4.78, 5) is 21.5. The summed E-state index contributed by atoms with van der Waals surface area (Å²) in [5, 5.41) is 3.25. The van der Waals surface area contributed by atoms with Gasteiger partial charge >= 0.3 is 0 Å². The molecule has 0 unspecified atom stereocenters. The van der Waals surface area contributed by atoms with Crippen LogP contribution in [0.5, 0.6) is 11.5 Å². The van der Waals surface area contributed by atoms with Gasteiger partial charge in [-0.05, 0) is 30.8 Å². The minimum atomic E-state index is -0.224. The molecule has 0 atom stereocenters. The Kier molecular flexibility index (Phi) is 5.05. The van der Waals surface area contributed by atoms with E-state index in [2.05, 4.69) is 27.1 Å². The molecule has 1 saturated heterocycles. The van der Waals surface area contributed by atoms with Crippen LogP contribution in [0.1, 0.15) is 15.9 Å². The Hall–Kier alpha value is -2.51. The Morgan fingerprint density at radius 3 is 2.78 bits per heavy atom. The van der Waals surface area contributed by atoms with Gasteiger partial charge in [0.25, 0.3) is 5.91 Å². The first-order valence-electron chi connectivity index (χ1n) is 8.86. The predicted octanol–water partition coefficient (Wildman–Crippen LogP) is 2.15. The lowest BCUT2D eigenvalue weighted by molar-refractivity contribution is 0.0950. The second-order valence-corrected chi connectivity index (χ2v) is 7.10. The van der Waals surface area contributed by atoms with E-state index in [0.717, 1.165) is 37.6 Å². The first-order chi connectivity index (χ1) is 13.1. The molecule has 1 aromatic carbocycles. The van der Waals surface area contributed by atoms with Crippen LogP contribution in [-0.4, -0.2) is 55.8 Å². The van der Waals surface area contributed by atoms with Crippen LogP contribution < -0.4 is 19.7 Å². The number of carbonyl (C=O) groups is 1. The number of fused-ring (bicyclic) bond motifs is 1. The average Bonchev–Trinajstić information content (AvgIpc) is 3.16. The number of rotatable bonds is 4. The Morgan fingerprint density at radius 1 is 1.22 bits per heavy atom. The van der Waals surface area contributed by atoms with Gasteiger partial charge in [-0.2, -0.15) is 0 Å². The maximum atomic E-state index is 12.4. The third kappa shape index (κ3) is 3.94. The number of amides is 1. The third-order valence-electron chi connectivity index (χ3n) is 4.78. The summed E-state index contributed by atoms with van der Waals surface area (Å²) in [6, 6.07) is 7.22. The second kappa shape index (κ2) is 7.62. The molecular formula is C19H21ClN4O3. The van der Waals surface area contributed by atoms with Crippen molar-refractivity contribution in [2.24, 2.45) is 0 Å². The number of piperazine rings is 1. The van der Waals surface area contributed by atoms with Crippen molar-refractivity contribution in [2.45, 2.75) is 6.54 Å². The molecule has 7 nitrogen and oxygen atoms in total. The van der Waals surface area contributed by atoms with Gasteiger partial charge < -0.3 is 24.6 Å². The molecule has 0 spiro atoms. The van der Waals surface area contributed by atoms with Gasteiger partial charge in [0.2, 0.25) is 6.79 Å². The van der Waals surface area contributed by atoms with E-state index >= 15 is 0 Å². The summed E-state index contributed by atoms with van der Waals surface area (Å²) in [7, 11) is 2.13. The highest BCUT2D eigenvalue weighted by atomic mass is 35.5. The molecule has 2 aliphatic heterocycles. The fourth-order valence-corrected chi connectivity index (χ4v) is 3.39. The van der Waals surface area contributed by atoms with Gasteiger partial charge in [-0.15, -0.1) is 0 Å². The number of hydrogen-bond donors (Lipinski definition) is 1. The zero-order chi connectivity index (χ0) is 18.8. The van der Waals surface area contributed by atoms with Crippen LogP contribution in [0.4, 0.5) is 5.82 Å². The molecule has 1 N–H and O–H groups in total. The number of carbonyl (C=O) groups excluding carboxylic acids is 1. The monoisotopic (exact) mass is 388 g/mol. The second-order valence-electron chi connectivity index (χ2n) is 6.69. The van der Waals surface area contributed by atoms with Crippen LogP contribution in [0, 0.1) is 0 Å². The summed E-state index contributed by atoms with van der Waals surface area (Å²) >= 11 is 6.13. The van der Waals surface area contributed by atoms with E-state index in [1.807, 2.05) is 12.1 Å². The van der Waals surface area contributed by atoms with Crippen molar-refractivity contribution >= 4 is 23.3 Å². The van der Waals surface area contributed by atoms with Crippen molar-refractivity contribution in [3.8, 4) is 11.5 Å². The van der Waals surface area contributed by atoms with Crippen molar-refractivity contribution in [3.05, 3.63) is 46.6 Å². The van der Waals surface area contributed by atoms with Gasteiger partial charge in [-0.3, -0.25) is 4.79 Å². The van der Waals surface area contributed by atoms with Crippen LogP contribution in [0.25, 0.3) is 0 Å². The molecule has 1 aromatic heterocycles.